The zero-order valence-corrected chi connectivity index (χ0v) is 14.9. The standard InChI is InChI=1S/C18H20ClN3O2/c1-12-7-5-8-13(11-12)17(24)22(18(2,3)4)21-16(23)14-9-6-10-20-15(14)19/h5-11H,1-4H3,(H,21,23). The van der Waals surface area contributed by atoms with Crippen molar-refractivity contribution >= 4 is 23.4 Å². The molecule has 6 heteroatoms. The van der Waals surface area contributed by atoms with Crippen molar-refractivity contribution in [3.05, 3.63) is 64.4 Å². The summed E-state index contributed by atoms with van der Waals surface area (Å²) in [4.78, 5) is 29.2. The van der Waals surface area contributed by atoms with Crippen molar-refractivity contribution < 1.29 is 9.59 Å². The second-order valence-electron chi connectivity index (χ2n) is 6.46. The number of carbonyl (C=O) groups is 2. The van der Waals surface area contributed by atoms with Crippen molar-refractivity contribution in [2.24, 2.45) is 0 Å². The summed E-state index contributed by atoms with van der Waals surface area (Å²) >= 11 is 5.96. The first-order chi connectivity index (χ1) is 11.2. The molecule has 0 radical (unpaired) electrons. The molecule has 5 nitrogen and oxygen atoms in total. The molecule has 0 spiro atoms. The molecule has 0 aliphatic carbocycles. The maximum atomic E-state index is 12.9. The van der Waals surface area contributed by atoms with Gasteiger partial charge in [-0.25, -0.2) is 9.99 Å². The molecule has 2 aromatic rings. The molecule has 2 rings (SSSR count). The molecule has 0 unspecified atom stereocenters. The van der Waals surface area contributed by atoms with E-state index in [9.17, 15) is 9.59 Å². The first-order valence-corrected chi connectivity index (χ1v) is 7.90. The van der Waals surface area contributed by atoms with E-state index in [2.05, 4.69) is 10.4 Å². The number of aromatic nitrogens is 1. The summed E-state index contributed by atoms with van der Waals surface area (Å²) < 4.78 is 0. The molecule has 0 saturated heterocycles. The SMILES string of the molecule is Cc1cccc(C(=O)N(NC(=O)c2cccnc2Cl)C(C)(C)C)c1. The van der Waals surface area contributed by atoms with E-state index >= 15 is 0 Å². The average Bonchev–Trinajstić information content (AvgIpc) is 2.51. The van der Waals surface area contributed by atoms with Gasteiger partial charge in [-0.3, -0.25) is 15.0 Å². The van der Waals surface area contributed by atoms with Gasteiger partial charge in [-0.05, 0) is 52.0 Å². The van der Waals surface area contributed by atoms with E-state index in [1.54, 1.807) is 24.3 Å². The average molecular weight is 346 g/mol. The van der Waals surface area contributed by atoms with Crippen LogP contribution in [-0.4, -0.2) is 27.3 Å². The lowest BCUT2D eigenvalue weighted by Gasteiger charge is -2.35. The van der Waals surface area contributed by atoms with E-state index in [1.165, 1.54) is 11.2 Å². The van der Waals surface area contributed by atoms with E-state index < -0.39 is 11.4 Å². The monoisotopic (exact) mass is 345 g/mol. The molecule has 0 saturated carbocycles. The Morgan fingerprint density at radius 1 is 1.17 bits per heavy atom. The minimum Gasteiger partial charge on any atom is -0.267 e. The van der Waals surface area contributed by atoms with Gasteiger partial charge < -0.3 is 0 Å². The van der Waals surface area contributed by atoms with Crippen LogP contribution in [0.15, 0.2) is 42.6 Å². The molecule has 24 heavy (non-hydrogen) atoms. The summed E-state index contributed by atoms with van der Waals surface area (Å²) in [5.74, 6) is -0.774. The van der Waals surface area contributed by atoms with E-state index in [0.29, 0.717) is 5.56 Å². The van der Waals surface area contributed by atoms with E-state index in [-0.39, 0.29) is 16.6 Å². The predicted molar refractivity (Wildman–Crippen MR) is 93.8 cm³/mol. The van der Waals surface area contributed by atoms with Gasteiger partial charge in [0.05, 0.1) is 11.1 Å². The molecule has 0 aliphatic heterocycles. The van der Waals surface area contributed by atoms with Crippen molar-refractivity contribution in [2.75, 3.05) is 0 Å². The van der Waals surface area contributed by atoms with Crippen LogP contribution in [0.1, 0.15) is 47.1 Å². The number of benzene rings is 1. The summed E-state index contributed by atoms with van der Waals surface area (Å²) in [5, 5.41) is 1.40. The number of nitrogens with zero attached hydrogens (tertiary/aromatic N) is 2. The lowest BCUT2D eigenvalue weighted by atomic mass is 10.1. The molecule has 1 aromatic carbocycles. The highest BCUT2D eigenvalue weighted by atomic mass is 35.5. The smallest absolute Gasteiger partial charge is 0.267 e. The maximum Gasteiger partial charge on any atom is 0.273 e. The van der Waals surface area contributed by atoms with Crippen LogP contribution >= 0.6 is 11.6 Å². The topological polar surface area (TPSA) is 62.3 Å². The third-order valence-electron chi connectivity index (χ3n) is 3.36. The number of hydrogen-bond acceptors (Lipinski definition) is 3. The fraction of sp³-hybridized carbons (Fsp3) is 0.278. The molecular weight excluding hydrogens is 326 g/mol. The summed E-state index contributed by atoms with van der Waals surface area (Å²) in [6.07, 6.45) is 1.50. The number of hydrazine groups is 1. The predicted octanol–water partition coefficient (Wildman–Crippen LogP) is 3.63. The number of halogens is 1. The lowest BCUT2D eigenvalue weighted by Crippen LogP contribution is -2.56. The molecule has 2 amide bonds. The number of carbonyl (C=O) groups excluding carboxylic acids is 2. The Hall–Kier alpha value is -2.40. The molecule has 0 aliphatic rings. The van der Waals surface area contributed by atoms with Gasteiger partial charge in [0, 0.05) is 11.8 Å². The van der Waals surface area contributed by atoms with Crippen LogP contribution in [-0.2, 0) is 0 Å². The minimum absolute atomic E-state index is 0.0897. The van der Waals surface area contributed by atoms with Gasteiger partial charge in [0.2, 0.25) is 0 Å². The number of aryl methyl sites for hydroxylation is 1. The summed E-state index contributed by atoms with van der Waals surface area (Å²) in [6, 6.07) is 10.4. The van der Waals surface area contributed by atoms with Crippen LogP contribution in [0.25, 0.3) is 0 Å². The first-order valence-electron chi connectivity index (χ1n) is 7.53. The zero-order chi connectivity index (χ0) is 17.9. The number of amides is 2. The normalized spacial score (nSPS) is 11.0. The first kappa shape index (κ1) is 17.9. The minimum atomic E-state index is -0.620. The summed E-state index contributed by atoms with van der Waals surface area (Å²) in [7, 11) is 0. The lowest BCUT2D eigenvalue weighted by molar-refractivity contribution is 0.0358. The fourth-order valence-electron chi connectivity index (χ4n) is 2.15. The van der Waals surface area contributed by atoms with Gasteiger partial charge >= 0.3 is 0 Å². The third-order valence-corrected chi connectivity index (χ3v) is 3.66. The van der Waals surface area contributed by atoms with Crippen LogP contribution in [0.4, 0.5) is 0 Å². The van der Waals surface area contributed by atoms with E-state index in [1.807, 2.05) is 39.8 Å². The number of rotatable bonds is 2. The Labute approximate surface area is 146 Å². The third kappa shape index (κ3) is 4.11. The zero-order valence-electron chi connectivity index (χ0n) is 14.1. The molecule has 126 valence electrons. The second-order valence-corrected chi connectivity index (χ2v) is 6.82. The van der Waals surface area contributed by atoms with Gasteiger partial charge in [-0.15, -0.1) is 0 Å². The molecule has 1 N–H and O–H groups in total. The Kier molecular flexibility index (Phi) is 5.24. The highest BCUT2D eigenvalue weighted by Gasteiger charge is 2.30. The van der Waals surface area contributed by atoms with Crippen molar-refractivity contribution in [3.63, 3.8) is 0 Å². The molecule has 0 bridgehead atoms. The van der Waals surface area contributed by atoms with Crippen molar-refractivity contribution in [3.8, 4) is 0 Å². The molecule has 0 atom stereocenters. The largest absolute Gasteiger partial charge is 0.273 e. The van der Waals surface area contributed by atoms with Crippen molar-refractivity contribution in [1.82, 2.24) is 15.4 Å². The van der Waals surface area contributed by atoms with E-state index in [0.717, 1.165) is 5.56 Å². The Morgan fingerprint density at radius 2 is 1.88 bits per heavy atom. The second kappa shape index (κ2) is 7.01. The van der Waals surface area contributed by atoms with Gasteiger partial charge in [0.15, 0.2) is 0 Å². The van der Waals surface area contributed by atoms with Crippen LogP contribution in [0.5, 0.6) is 0 Å². The number of hydrogen-bond donors (Lipinski definition) is 1. The highest BCUT2D eigenvalue weighted by molar-refractivity contribution is 6.32. The van der Waals surface area contributed by atoms with Crippen LogP contribution in [0.2, 0.25) is 5.15 Å². The maximum absolute atomic E-state index is 12.9. The molecular formula is C18H20ClN3O2. The number of pyridine rings is 1. The molecule has 1 heterocycles. The molecule has 1 aromatic heterocycles. The Balaban J connectivity index is 2.32. The summed E-state index contributed by atoms with van der Waals surface area (Å²) in [6.45, 7) is 7.43. The van der Waals surface area contributed by atoms with Crippen LogP contribution in [0, 0.1) is 6.92 Å². The highest BCUT2D eigenvalue weighted by Crippen LogP contribution is 2.18. The fourth-order valence-corrected chi connectivity index (χ4v) is 2.35. The van der Waals surface area contributed by atoms with Crippen LogP contribution in [0.3, 0.4) is 0 Å². The van der Waals surface area contributed by atoms with Crippen molar-refractivity contribution in [2.45, 2.75) is 33.2 Å². The van der Waals surface area contributed by atoms with Crippen LogP contribution < -0.4 is 5.43 Å². The molecule has 0 fully saturated rings. The van der Waals surface area contributed by atoms with Gasteiger partial charge in [-0.2, -0.15) is 0 Å². The quantitative estimate of drug-likeness (QED) is 0.667. The van der Waals surface area contributed by atoms with E-state index in [4.69, 9.17) is 11.6 Å². The van der Waals surface area contributed by atoms with Crippen molar-refractivity contribution in [1.29, 1.82) is 0 Å². The number of nitrogens with one attached hydrogen (secondary N) is 1. The van der Waals surface area contributed by atoms with Gasteiger partial charge in [-0.1, -0.05) is 29.3 Å². The van der Waals surface area contributed by atoms with Gasteiger partial charge in [0.25, 0.3) is 11.8 Å². The Morgan fingerprint density at radius 3 is 2.46 bits per heavy atom. The Bertz CT molecular complexity index is 769. The van der Waals surface area contributed by atoms with Gasteiger partial charge in [0.1, 0.15) is 5.15 Å². The summed E-state index contributed by atoms with van der Waals surface area (Å²) in [5.41, 5.74) is 3.72.